The van der Waals surface area contributed by atoms with E-state index < -0.39 is 0 Å². The Hall–Kier alpha value is -1.66. The maximum Gasteiger partial charge on any atom is 0.194 e. The average molecular weight is 365 g/mol. The zero-order valence-corrected chi connectivity index (χ0v) is 16.6. The summed E-state index contributed by atoms with van der Waals surface area (Å²) in [6, 6.07) is 5.29. The maximum absolute atomic E-state index is 13.9. The highest BCUT2D eigenvalue weighted by Gasteiger charge is 2.21. The molecule has 0 aromatic heterocycles. The zero-order valence-electron chi connectivity index (χ0n) is 16.6. The van der Waals surface area contributed by atoms with Crippen LogP contribution in [0.5, 0.6) is 0 Å². The average Bonchev–Trinajstić information content (AvgIpc) is 2.62. The van der Waals surface area contributed by atoms with E-state index in [1.165, 1.54) is 0 Å². The molecule has 1 aliphatic rings. The number of nitrogens with one attached hydrogen (secondary N) is 1. The van der Waals surface area contributed by atoms with Gasteiger partial charge in [0.05, 0.1) is 12.6 Å². The molecule has 26 heavy (non-hydrogen) atoms. The number of aliphatic imine (C=N–C) groups is 1. The lowest BCUT2D eigenvalue weighted by atomic mass is 10.1. The van der Waals surface area contributed by atoms with Gasteiger partial charge in [0.15, 0.2) is 5.96 Å². The van der Waals surface area contributed by atoms with Gasteiger partial charge in [0, 0.05) is 38.3 Å². The molecule has 1 aromatic carbocycles. The van der Waals surface area contributed by atoms with Gasteiger partial charge >= 0.3 is 0 Å². The molecule has 2 rings (SSSR count). The first kappa shape index (κ1) is 20.6. The van der Waals surface area contributed by atoms with Gasteiger partial charge in [0.2, 0.25) is 0 Å². The highest BCUT2D eigenvalue weighted by molar-refractivity contribution is 5.80. The molecular formula is C20H33FN4O. The zero-order chi connectivity index (χ0) is 18.9. The molecule has 1 saturated heterocycles. The lowest BCUT2D eigenvalue weighted by molar-refractivity contribution is 0.0263. The normalized spacial score (nSPS) is 16.4. The van der Waals surface area contributed by atoms with Crippen molar-refractivity contribution in [1.29, 1.82) is 0 Å². The summed E-state index contributed by atoms with van der Waals surface area (Å²) in [5.41, 5.74) is 1.74. The highest BCUT2D eigenvalue weighted by Crippen LogP contribution is 2.16. The van der Waals surface area contributed by atoms with Crippen molar-refractivity contribution in [3.8, 4) is 0 Å². The van der Waals surface area contributed by atoms with Crippen LogP contribution >= 0.6 is 0 Å². The molecule has 0 atom stereocenters. The summed E-state index contributed by atoms with van der Waals surface area (Å²) in [7, 11) is 3.89. The summed E-state index contributed by atoms with van der Waals surface area (Å²) in [5.74, 6) is 0.775. The Balaban J connectivity index is 2.03. The number of hydrogen-bond donors (Lipinski definition) is 1. The van der Waals surface area contributed by atoms with E-state index in [9.17, 15) is 4.39 Å². The van der Waals surface area contributed by atoms with Crippen molar-refractivity contribution in [2.45, 2.75) is 45.9 Å². The third-order valence-electron chi connectivity index (χ3n) is 4.49. The first-order valence-corrected chi connectivity index (χ1v) is 9.60. The van der Waals surface area contributed by atoms with Crippen molar-refractivity contribution in [1.82, 2.24) is 15.1 Å². The predicted molar refractivity (Wildman–Crippen MR) is 105 cm³/mol. The van der Waals surface area contributed by atoms with Gasteiger partial charge in [0.1, 0.15) is 5.82 Å². The summed E-state index contributed by atoms with van der Waals surface area (Å²) in [6.07, 6.45) is 2.42. The van der Waals surface area contributed by atoms with Crippen LogP contribution in [0, 0.1) is 5.82 Å². The number of rotatable bonds is 7. The van der Waals surface area contributed by atoms with Crippen LogP contribution in [0.4, 0.5) is 4.39 Å². The Bertz CT molecular complexity index is 583. The Kier molecular flexibility index (Phi) is 8.32. The molecule has 5 nitrogen and oxygen atoms in total. The van der Waals surface area contributed by atoms with Crippen LogP contribution < -0.4 is 5.32 Å². The van der Waals surface area contributed by atoms with Crippen LogP contribution in [0.2, 0.25) is 0 Å². The molecule has 0 amide bonds. The standard InChI is InChI=1S/C20H33FN4O/c1-5-22-20(25-11-9-18(10-12-25)26-6-2)23-14-16-7-8-19(21)17(13-16)15-24(3)4/h7-8,13,18H,5-6,9-12,14-15H2,1-4H3,(H,22,23). The number of benzene rings is 1. The summed E-state index contributed by atoms with van der Waals surface area (Å²) in [4.78, 5) is 9.05. The summed E-state index contributed by atoms with van der Waals surface area (Å²) >= 11 is 0. The molecule has 1 aromatic rings. The van der Waals surface area contributed by atoms with E-state index in [1.807, 2.05) is 38.1 Å². The lowest BCUT2D eigenvalue weighted by Crippen LogP contribution is -2.47. The monoisotopic (exact) mass is 364 g/mol. The van der Waals surface area contributed by atoms with Crippen molar-refractivity contribution in [3.05, 3.63) is 35.1 Å². The molecule has 1 aliphatic heterocycles. The molecular weight excluding hydrogens is 331 g/mol. The summed E-state index contributed by atoms with van der Waals surface area (Å²) in [5, 5.41) is 3.38. The lowest BCUT2D eigenvalue weighted by Gasteiger charge is -2.34. The molecule has 6 heteroatoms. The fraction of sp³-hybridized carbons (Fsp3) is 0.650. The largest absolute Gasteiger partial charge is 0.378 e. The van der Waals surface area contributed by atoms with Crippen LogP contribution in [0.1, 0.15) is 37.8 Å². The molecule has 0 spiro atoms. The summed E-state index contributed by atoms with van der Waals surface area (Å²) in [6.45, 7) is 8.78. The molecule has 0 radical (unpaired) electrons. The molecule has 1 heterocycles. The van der Waals surface area contributed by atoms with Crippen LogP contribution in [0.25, 0.3) is 0 Å². The minimum absolute atomic E-state index is 0.156. The van der Waals surface area contributed by atoms with Crippen molar-refractivity contribution < 1.29 is 9.13 Å². The summed E-state index contributed by atoms with van der Waals surface area (Å²) < 4.78 is 19.7. The fourth-order valence-corrected chi connectivity index (χ4v) is 3.25. The van der Waals surface area contributed by atoms with Gasteiger partial charge in [-0.05, 0) is 58.5 Å². The number of guanidine groups is 1. The van der Waals surface area contributed by atoms with E-state index in [0.29, 0.717) is 24.8 Å². The Morgan fingerprint density at radius 2 is 2.04 bits per heavy atom. The molecule has 0 bridgehead atoms. The number of likely N-dealkylation sites (tertiary alicyclic amines) is 1. The van der Waals surface area contributed by atoms with Gasteiger partial charge in [-0.1, -0.05) is 6.07 Å². The minimum Gasteiger partial charge on any atom is -0.378 e. The molecule has 1 fully saturated rings. The molecule has 0 unspecified atom stereocenters. The Morgan fingerprint density at radius 1 is 1.31 bits per heavy atom. The fourth-order valence-electron chi connectivity index (χ4n) is 3.25. The van der Waals surface area contributed by atoms with Gasteiger partial charge in [0.25, 0.3) is 0 Å². The van der Waals surface area contributed by atoms with Crippen molar-refractivity contribution >= 4 is 5.96 Å². The molecule has 146 valence electrons. The predicted octanol–water partition coefficient (Wildman–Crippen LogP) is 2.85. The number of ether oxygens (including phenoxy) is 1. The van der Waals surface area contributed by atoms with Crippen molar-refractivity contribution in [2.75, 3.05) is 40.3 Å². The molecule has 0 aliphatic carbocycles. The third kappa shape index (κ3) is 6.25. The number of halogens is 1. The number of nitrogens with zero attached hydrogens (tertiary/aromatic N) is 3. The van der Waals surface area contributed by atoms with E-state index in [1.54, 1.807) is 6.07 Å². The van der Waals surface area contributed by atoms with Crippen molar-refractivity contribution in [3.63, 3.8) is 0 Å². The second-order valence-electron chi connectivity index (χ2n) is 6.98. The van der Waals surface area contributed by atoms with Crippen LogP contribution in [-0.2, 0) is 17.8 Å². The number of piperidine rings is 1. The van der Waals surface area contributed by atoms with E-state index in [-0.39, 0.29) is 5.82 Å². The van der Waals surface area contributed by atoms with E-state index in [0.717, 1.165) is 50.6 Å². The second kappa shape index (κ2) is 10.5. The van der Waals surface area contributed by atoms with E-state index in [2.05, 4.69) is 17.1 Å². The first-order chi connectivity index (χ1) is 12.5. The molecule has 0 saturated carbocycles. The van der Waals surface area contributed by atoms with Crippen LogP contribution in [0.15, 0.2) is 23.2 Å². The van der Waals surface area contributed by atoms with Crippen LogP contribution in [0.3, 0.4) is 0 Å². The quantitative estimate of drug-likeness (QED) is 0.597. The van der Waals surface area contributed by atoms with Crippen molar-refractivity contribution in [2.24, 2.45) is 4.99 Å². The minimum atomic E-state index is -0.156. The maximum atomic E-state index is 13.9. The van der Waals surface area contributed by atoms with Crippen LogP contribution in [-0.4, -0.2) is 62.2 Å². The number of hydrogen-bond acceptors (Lipinski definition) is 3. The smallest absolute Gasteiger partial charge is 0.194 e. The Morgan fingerprint density at radius 3 is 2.65 bits per heavy atom. The highest BCUT2D eigenvalue weighted by atomic mass is 19.1. The van der Waals surface area contributed by atoms with Gasteiger partial charge in [-0.2, -0.15) is 0 Å². The topological polar surface area (TPSA) is 40.1 Å². The first-order valence-electron chi connectivity index (χ1n) is 9.60. The van der Waals surface area contributed by atoms with E-state index in [4.69, 9.17) is 9.73 Å². The Labute approximate surface area is 157 Å². The van der Waals surface area contributed by atoms with Gasteiger partial charge < -0.3 is 19.9 Å². The SMILES string of the molecule is CCNC(=NCc1ccc(F)c(CN(C)C)c1)N1CCC(OCC)CC1. The second-order valence-corrected chi connectivity index (χ2v) is 6.98. The van der Waals surface area contributed by atoms with Gasteiger partial charge in [-0.3, -0.25) is 0 Å². The molecule has 1 N–H and O–H groups in total. The van der Waals surface area contributed by atoms with E-state index >= 15 is 0 Å². The van der Waals surface area contributed by atoms with Gasteiger partial charge in [-0.25, -0.2) is 9.38 Å². The third-order valence-corrected chi connectivity index (χ3v) is 4.49. The van der Waals surface area contributed by atoms with Gasteiger partial charge in [-0.15, -0.1) is 0 Å².